The van der Waals surface area contributed by atoms with Crippen molar-refractivity contribution in [2.24, 2.45) is 0 Å². The number of imide groups is 1. The molecule has 1 aromatic rings. The lowest BCUT2D eigenvalue weighted by Crippen LogP contribution is -2.40. The van der Waals surface area contributed by atoms with Gasteiger partial charge in [-0.05, 0) is 12.0 Å². The van der Waals surface area contributed by atoms with Crippen molar-refractivity contribution < 1.29 is 14.3 Å². The van der Waals surface area contributed by atoms with Crippen LogP contribution < -0.4 is 0 Å². The van der Waals surface area contributed by atoms with Crippen LogP contribution in [0.5, 0.6) is 0 Å². The maximum atomic E-state index is 13.1. The highest BCUT2D eigenvalue weighted by Gasteiger charge is 2.41. The quantitative estimate of drug-likeness (QED) is 0.493. The maximum Gasteiger partial charge on any atom is 0.277 e. The highest BCUT2D eigenvalue weighted by Crippen LogP contribution is 2.32. The first-order chi connectivity index (χ1) is 13.2. The molecule has 2 aliphatic rings. The van der Waals surface area contributed by atoms with Crippen LogP contribution in [0.1, 0.15) is 51.0 Å². The third kappa shape index (κ3) is 4.59. The van der Waals surface area contributed by atoms with Crippen LogP contribution in [-0.2, 0) is 14.3 Å². The van der Waals surface area contributed by atoms with E-state index in [0.29, 0.717) is 44.1 Å². The number of nitrogens with zero attached hydrogens (tertiary/aromatic N) is 2. The second-order valence-corrected chi connectivity index (χ2v) is 7.22. The monoisotopic (exact) mass is 370 g/mol. The van der Waals surface area contributed by atoms with Crippen LogP contribution in [0.25, 0.3) is 5.57 Å². The van der Waals surface area contributed by atoms with Gasteiger partial charge in [0.15, 0.2) is 0 Å². The van der Waals surface area contributed by atoms with E-state index in [1.807, 2.05) is 35.2 Å². The second kappa shape index (κ2) is 9.70. The number of carbonyl (C=O) groups excluding carboxylic acids is 2. The normalized spacial score (nSPS) is 18.0. The first-order valence-corrected chi connectivity index (χ1v) is 10.2. The van der Waals surface area contributed by atoms with Gasteiger partial charge in [-0.15, -0.1) is 0 Å². The zero-order chi connectivity index (χ0) is 19.1. The molecule has 27 heavy (non-hydrogen) atoms. The minimum Gasteiger partial charge on any atom is -0.378 e. The fourth-order valence-electron chi connectivity index (χ4n) is 3.76. The highest BCUT2D eigenvalue weighted by molar-refractivity contribution is 6.35. The number of ether oxygens (including phenoxy) is 1. The van der Waals surface area contributed by atoms with Gasteiger partial charge in [0, 0.05) is 19.6 Å². The summed E-state index contributed by atoms with van der Waals surface area (Å²) in [5.41, 5.74) is 1.93. The Morgan fingerprint density at radius 1 is 0.889 bits per heavy atom. The lowest BCUT2D eigenvalue weighted by molar-refractivity contribution is -0.137. The Kier molecular flexibility index (Phi) is 7.04. The van der Waals surface area contributed by atoms with Crippen LogP contribution in [0.2, 0.25) is 0 Å². The maximum absolute atomic E-state index is 13.1. The average molecular weight is 370 g/mol. The van der Waals surface area contributed by atoms with Crippen LogP contribution in [0.15, 0.2) is 36.0 Å². The summed E-state index contributed by atoms with van der Waals surface area (Å²) < 4.78 is 5.43. The fraction of sp³-hybridized carbons (Fsp3) is 0.545. The van der Waals surface area contributed by atoms with Gasteiger partial charge in [0.1, 0.15) is 5.70 Å². The van der Waals surface area contributed by atoms with Gasteiger partial charge in [-0.25, -0.2) is 0 Å². The van der Waals surface area contributed by atoms with Crippen LogP contribution in [0.3, 0.4) is 0 Å². The predicted molar refractivity (Wildman–Crippen MR) is 106 cm³/mol. The molecule has 0 aromatic heterocycles. The van der Waals surface area contributed by atoms with Crippen molar-refractivity contribution in [3.63, 3.8) is 0 Å². The Bertz CT molecular complexity index is 678. The van der Waals surface area contributed by atoms with Crippen molar-refractivity contribution in [3.8, 4) is 0 Å². The highest BCUT2D eigenvalue weighted by atomic mass is 16.5. The molecule has 0 spiro atoms. The summed E-state index contributed by atoms with van der Waals surface area (Å²) in [5, 5.41) is 0. The Labute approximate surface area is 162 Å². The molecule has 2 aliphatic heterocycles. The summed E-state index contributed by atoms with van der Waals surface area (Å²) in [5.74, 6) is -0.296. The standard InChI is InChI=1S/C22H30N2O3/c1-2-3-4-5-6-10-13-24-21(25)19(18-11-8-7-9-12-18)20(22(24)26)23-14-16-27-17-15-23/h7-9,11-12H,2-6,10,13-17H2,1H3. The number of morpholine rings is 1. The molecule has 0 bridgehead atoms. The van der Waals surface area contributed by atoms with Crippen molar-refractivity contribution >= 4 is 17.4 Å². The molecule has 0 aliphatic carbocycles. The van der Waals surface area contributed by atoms with Crippen molar-refractivity contribution in [3.05, 3.63) is 41.6 Å². The lowest BCUT2D eigenvalue weighted by Gasteiger charge is -2.29. The third-order valence-corrected chi connectivity index (χ3v) is 5.27. The summed E-state index contributed by atoms with van der Waals surface area (Å²) in [7, 11) is 0. The van der Waals surface area contributed by atoms with Crippen molar-refractivity contribution in [1.82, 2.24) is 9.80 Å². The second-order valence-electron chi connectivity index (χ2n) is 7.22. The van der Waals surface area contributed by atoms with E-state index in [9.17, 15) is 9.59 Å². The average Bonchev–Trinajstić information content (AvgIpc) is 2.96. The van der Waals surface area contributed by atoms with Crippen molar-refractivity contribution in [2.75, 3.05) is 32.8 Å². The van der Waals surface area contributed by atoms with Gasteiger partial charge < -0.3 is 9.64 Å². The van der Waals surface area contributed by atoms with Crippen LogP contribution in [-0.4, -0.2) is 54.5 Å². The van der Waals surface area contributed by atoms with E-state index in [4.69, 9.17) is 4.74 Å². The van der Waals surface area contributed by atoms with Gasteiger partial charge >= 0.3 is 0 Å². The number of rotatable bonds is 9. The Hall–Kier alpha value is -2.14. The third-order valence-electron chi connectivity index (χ3n) is 5.27. The number of carbonyl (C=O) groups is 2. The van der Waals surface area contributed by atoms with Crippen molar-refractivity contribution in [1.29, 1.82) is 0 Å². The SMILES string of the molecule is CCCCCCCCN1C(=O)C(c2ccccc2)=C(N2CCOCC2)C1=O. The summed E-state index contributed by atoms with van der Waals surface area (Å²) in [4.78, 5) is 29.7. The summed E-state index contributed by atoms with van der Waals surface area (Å²) >= 11 is 0. The van der Waals surface area contributed by atoms with Gasteiger partial charge in [0.2, 0.25) is 0 Å². The largest absolute Gasteiger partial charge is 0.378 e. The molecule has 1 aromatic carbocycles. The molecule has 0 atom stereocenters. The molecular formula is C22H30N2O3. The topological polar surface area (TPSA) is 49.9 Å². The minimum atomic E-state index is -0.152. The zero-order valence-electron chi connectivity index (χ0n) is 16.3. The Morgan fingerprint density at radius 3 is 2.26 bits per heavy atom. The molecule has 146 valence electrons. The van der Waals surface area contributed by atoms with E-state index in [-0.39, 0.29) is 11.8 Å². The molecule has 0 N–H and O–H groups in total. The predicted octanol–water partition coefficient (Wildman–Crippen LogP) is 3.46. The molecule has 1 saturated heterocycles. The number of hydrogen-bond donors (Lipinski definition) is 0. The molecule has 3 rings (SSSR count). The zero-order valence-corrected chi connectivity index (χ0v) is 16.3. The molecule has 0 saturated carbocycles. The molecule has 5 nitrogen and oxygen atoms in total. The van der Waals surface area contributed by atoms with Gasteiger partial charge in [-0.3, -0.25) is 14.5 Å². The number of hydrogen-bond acceptors (Lipinski definition) is 4. The van der Waals surface area contributed by atoms with Crippen LogP contribution >= 0.6 is 0 Å². The smallest absolute Gasteiger partial charge is 0.277 e. The lowest BCUT2D eigenvalue weighted by atomic mass is 10.0. The first kappa shape index (κ1) is 19.6. The Balaban J connectivity index is 1.75. The van der Waals surface area contributed by atoms with Gasteiger partial charge in [-0.2, -0.15) is 0 Å². The molecular weight excluding hydrogens is 340 g/mol. The summed E-state index contributed by atoms with van der Waals surface area (Å²) in [6.07, 6.45) is 6.80. The van der Waals surface area contributed by atoms with Crippen LogP contribution in [0, 0.1) is 0 Å². The summed E-state index contributed by atoms with van der Waals surface area (Å²) in [6, 6.07) is 9.57. The van der Waals surface area contributed by atoms with Gasteiger partial charge in [0.05, 0.1) is 18.8 Å². The first-order valence-electron chi connectivity index (χ1n) is 10.2. The number of benzene rings is 1. The molecule has 2 amide bonds. The molecule has 0 radical (unpaired) electrons. The minimum absolute atomic E-state index is 0.144. The van der Waals surface area contributed by atoms with E-state index in [1.165, 1.54) is 30.6 Å². The molecule has 1 fully saturated rings. The molecule has 5 heteroatoms. The number of unbranched alkanes of at least 4 members (excludes halogenated alkanes) is 5. The van der Waals surface area contributed by atoms with E-state index in [0.717, 1.165) is 18.4 Å². The van der Waals surface area contributed by atoms with Gasteiger partial charge in [0.25, 0.3) is 11.8 Å². The molecule has 0 unspecified atom stereocenters. The van der Waals surface area contributed by atoms with E-state index in [1.54, 1.807) is 0 Å². The van der Waals surface area contributed by atoms with E-state index >= 15 is 0 Å². The van der Waals surface area contributed by atoms with E-state index in [2.05, 4.69) is 6.92 Å². The van der Waals surface area contributed by atoms with Gasteiger partial charge in [-0.1, -0.05) is 69.4 Å². The number of amides is 2. The summed E-state index contributed by atoms with van der Waals surface area (Å²) in [6.45, 7) is 5.18. The fourth-order valence-corrected chi connectivity index (χ4v) is 3.76. The van der Waals surface area contributed by atoms with E-state index < -0.39 is 0 Å². The Morgan fingerprint density at radius 2 is 1.56 bits per heavy atom. The molecule has 2 heterocycles. The van der Waals surface area contributed by atoms with Crippen LogP contribution in [0.4, 0.5) is 0 Å². The van der Waals surface area contributed by atoms with Crippen molar-refractivity contribution in [2.45, 2.75) is 45.4 Å².